The maximum Gasteiger partial charge on any atom is 0.101 e. The molecular weight excluding hydrogens is 350 g/mol. The van der Waals surface area contributed by atoms with E-state index in [1.165, 1.54) is 32.1 Å². The van der Waals surface area contributed by atoms with E-state index in [2.05, 4.69) is 74.6 Å². The first kappa shape index (κ1) is 17.8. The van der Waals surface area contributed by atoms with Crippen LogP contribution in [0, 0.1) is 13.8 Å². The lowest BCUT2D eigenvalue weighted by Gasteiger charge is -2.24. The van der Waals surface area contributed by atoms with Crippen LogP contribution in [0.4, 0.5) is 5.00 Å². The van der Waals surface area contributed by atoms with Gasteiger partial charge in [-0.2, -0.15) is 5.10 Å². The standard InChI is InChI=1S/C23H25N3S/c1-13(2)26-21(18-9-7-14(3)8-10-18)12-20(25-26)22-16(5)19-11-15(4)27-23(19)24-17(22)6/h7-11,21,24H,1,6,12H2,2-5H3. The summed E-state index contributed by atoms with van der Waals surface area (Å²) in [6.45, 7) is 16.9. The number of nitrogens with one attached hydrogen (secondary N) is 1. The van der Waals surface area contributed by atoms with Crippen molar-refractivity contribution in [1.29, 1.82) is 0 Å². The second-order valence-corrected chi connectivity index (χ2v) is 8.72. The van der Waals surface area contributed by atoms with Gasteiger partial charge >= 0.3 is 0 Å². The number of hydrazone groups is 1. The summed E-state index contributed by atoms with van der Waals surface area (Å²) in [5.41, 5.74) is 9.16. The molecular formula is C23H25N3S. The number of rotatable bonds is 3. The average molecular weight is 376 g/mol. The Morgan fingerprint density at radius 3 is 2.59 bits per heavy atom. The molecule has 0 fully saturated rings. The van der Waals surface area contributed by atoms with Crippen molar-refractivity contribution in [3.63, 3.8) is 0 Å². The van der Waals surface area contributed by atoms with E-state index >= 15 is 0 Å². The first-order chi connectivity index (χ1) is 12.8. The van der Waals surface area contributed by atoms with Crippen molar-refractivity contribution in [3.8, 4) is 0 Å². The van der Waals surface area contributed by atoms with Gasteiger partial charge in [0.25, 0.3) is 0 Å². The Hall–Kier alpha value is -2.59. The van der Waals surface area contributed by atoms with Crippen LogP contribution in [-0.2, 0) is 0 Å². The normalized spacial score (nSPS) is 19.1. The number of aryl methyl sites for hydroxylation is 2. The van der Waals surface area contributed by atoms with E-state index in [-0.39, 0.29) is 6.04 Å². The minimum absolute atomic E-state index is 0.178. The number of hydrogen-bond acceptors (Lipinski definition) is 4. The molecule has 3 nitrogen and oxygen atoms in total. The molecule has 1 aromatic carbocycles. The maximum atomic E-state index is 4.97. The van der Waals surface area contributed by atoms with Gasteiger partial charge in [0.15, 0.2) is 0 Å². The van der Waals surface area contributed by atoms with Gasteiger partial charge in [0.1, 0.15) is 5.00 Å². The molecule has 27 heavy (non-hydrogen) atoms. The zero-order valence-electron chi connectivity index (χ0n) is 16.4. The summed E-state index contributed by atoms with van der Waals surface area (Å²) >= 11 is 1.78. The van der Waals surface area contributed by atoms with Gasteiger partial charge in [-0.1, -0.05) is 43.0 Å². The summed E-state index contributed by atoms with van der Waals surface area (Å²) in [7, 11) is 0. The van der Waals surface area contributed by atoms with Crippen LogP contribution in [-0.4, -0.2) is 10.7 Å². The molecule has 138 valence electrons. The van der Waals surface area contributed by atoms with E-state index in [4.69, 9.17) is 5.10 Å². The van der Waals surface area contributed by atoms with E-state index in [0.717, 1.165) is 29.1 Å². The molecule has 4 rings (SSSR count). The first-order valence-electron chi connectivity index (χ1n) is 9.22. The summed E-state index contributed by atoms with van der Waals surface area (Å²) in [6.07, 6.45) is 0.849. The smallest absolute Gasteiger partial charge is 0.101 e. The van der Waals surface area contributed by atoms with E-state index in [0.29, 0.717) is 0 Å². The third kappa shape index (κ3) is 3.04. The Labute approximate surface area is 165 Å². The van der Waals surface area contributed by atoms with Gasteiger partial charge < -0.3 is 5.32 Å². The lowest BCUT2D eigenvalue weighted by Crippen LogP contribution is -2.17. The molecule has 1 N–H and O–H groups in total. The number of allylic oxidation sites excluding steroid dienone is 3. The molecule has 0 aliphatic carbocycles. The minimum atomic E-state index is 0.178. The van der Waals surface area contributed by atoms with Crippen molar-refractivity contribution < 1.29 is 0 Å². The van der Waals surface area contributed by atoms with Gasteiger partial charge in [-0.25, -0.2) is 0 Å². The van der Waals surface area contributed by atoms with Crippen LogP contribution < -0.4 is 5.32 Å². The number of thiophene rings is 1. The Morgan fingerprint density at radius 2 is 1.93 bits per heavy atom. The highest BCUT2D eigenvalue weighted by molar-refractivity contribution is 7.16. The van der Waals surface area contributed by atoms with Gasteiger partial charge in [0.05, 0.1) is 11.8 Å². The molecule has 0 spiro atoms. The number of benzene rings is 1. The van der Waals surface area contributed by atoms with Gasteiger partial charge in [-0.15, -0.1) is 11.3 Å². The van der Waals surface area contributed by atoms with Crippen molar-refractivity contribution in [1.82, 2.24) is 5.01 Å². The molecule has 0 radical (unpaired) electrons. The van der Waals surface area contributed by atoms with Gasteiger partial charge in [-0.3, -0.25) is 5.01 Å². The molecule has 1 atom stereocenters. The second-order valence-electron chi connectivity index (χ2n) is 7.46. The predicted octanol–water partition coefficient (Wildman–Crippen LogP) is 6.41. The molecule has 2 aromatic rings. The fourth-order valence-electron chi connectivity index (χ4n) is 3.90. The van der Waals surface area contributed by atoms with Crippen molar-refractivity contribution >= 4 is 27.6 Å². The van der Waals surface area contributed by atoms with E-state index in [1.54, 1.807) is 11.3 Å². The maximum absolute atomic E-state index is 4.97. The summed E-state index contributed by atoms with van der Waals surface area (Å²) in [5, 5.41) is 11.7. The fourth-order valence-corrected chi connectivity index (χ4v) is 4.89. The van der Waals surface area contributed by atoms with Crippen LogP contribution in [0.25, 0.3) is 5.57 Å². The molecule has 0 amide bonds. The van der Waals surface area contributed by atoms with Crippen LogP contribution in [0.5, 0.6) is 0 Å². The van der Waals surface area contributed by atoms with Gasteiger partial charge in [-0.05, 0) is 44.9 Å². The third-order valence-electron chi connectivity index (χ3n) is 5.25. The highest BCUT2D eigenvalue weighted by atomic mass is 32.1. The van der Waals surface area contributed by atoms with Crippen molar-refractivity contribution in [2.24, 2.45) is 5.10 Å². The number of anilines is 1. The van der Waals surface area contributed by atoms with Gasteiger partial charge in [0.2, 0.25) is 0 Å². The van der Waals surface area contributed by atoms with E-state index in [1.807, 2.05) is 6.92 Å². The Bertz CT molecular complexity index is 1000. The second kappa shape index (κ2) is 6.54. The molecule has 2 aliphatic heterocycles. The first-order valence-corrected chi connectivity index (χ1v) is 10.0. The molecule has 0 saturated heterocycles. The van der Waals surface area contributed by atoms with E-state index in [9.17, 15) is 0 Å². The van der Waals surface area contributed by atoms with Crippen LogP contribution >= 0.6 is 11.3 Å². The molecule has 1 unspecified atom stereocenters. The number of hydrogen-bond donors (Lipinski definition) is 1. The molecule has 0 bridgehead atoms. The molecule has 4 heteroatoms. The SMILES string of the molecule is C=C1Nc2sc(C)cc2C(C)=C1C1=NN(C(=C)C)C(c2ccc(C)cc2)C1. The van der Waals surface area contributed by atoms with Crippen molar-refractivity contribution in [3.05, 3.63) is 82.0 Å². The topological polar surface area (TPSA) is 27.6 Å². The van der Waals surface area contributed by atoms with Crippen molar-refractivity contribution in [2.75, 3.05) is 5.32 Å². The Balaban J connectivity index is 1.75. The van der Waals surface area contributed by atoms with Crippen LogP contribution in [0.15, 0.2) is 65.6 Å². The molecule has 3 heterocycles. The largest absolute Gasteiger partial charge is 0.347 e. The Kier molecular flexibility index (Phi) is 4.31. The van der Waals surface area contributed by atoms with Gasteiger partial charge in [0, 0.05) is 33.8 Å². The monoisotopic (exact) mass is 375 g/mol. The Morgan fingerprint density at radius 1 is 1.22 bits per heavy atom. The molecule has 1 aromatic heterocycles. The summed E-state index contributed by atoms with van der Waals surface area (Å²) in [6, 6.07) is 11.1. The average Bonchev–Trinajstić information content (AvgIpc) is 3.19. The van der Waals surface area contributed by atoms with Crippen LogP contribution in [0.3, 0.4) is 0 Å². The fraction of sp³-hybridized carbons (Fsp3) is 0.261. The summed E-state index contributed by atoms with van der Waals surface area (Å²) < 4.78 is 0. The highest BCUT2D eigenvalue weighted by Crippen LogP contribution is 2.44. The predicted molar refractivity (Wildman–Crippen MR) is 117 cm³/mol. The lowest BCUT2D eigenvalue weighted by molar-refractivity contribution is 0.301. The van der Waals surface area contributed by atoms with Crippen molar-refractivity contribution in [2.45, 2.75) is 40.2 Å². The van der Waals surface area contributed by atoms with Crippen LogP contribution in [0.2, 0.25) is 0 Å². The summed E-state index contributed by atoms with van der Waals surface area (Å²) in [4.78, 5) is 1.30. The third-order valence-corrected chi connectivity index (χ3v) is 6.22. The van der Waals surface area contributed by atoms with Crippen LogP contribution in [0.1, 0.15) is 47.9 Å². The molecule has 0 saturated carbocycles. The highest BCUT2D eigenvalue weighted by Gasteiger charge is 2.33. The van der Waals surface area contributed by atoms with E-state index < -0.39 is 0 Å². The summed E-state index contributed by atoms with van der Waals surface area (Å²) in [5.74, 6) is 0. The molecule has 2 aliphatic rings. The number of fused-ring (bicyclic) bond motifs is 1. The minimum Gasteiger partial charge on any atom is -0.347 e. The zero-order chi connectivity index (χ0) is 19.3. The quantitative estimate of drug-likeness (QED) is 0.671. The number of nitrogens with zero attached hydrogens (tertiary/aromatic N) is 2. The zero-order valence-corrected chi connectivity index (χ0v) is 17.2. The lowest BCUT2D eigenvalue weighted by atomic mass is 9.90.